The van der Waals surface area contributed by atoms with E-state index in [0.29, 0.717) is 6.61 Å². The van der Waals surface area contributed by atoms with E-state index in [2.05, 4.69) is 0 Å². The standard InChI is InChI=1S/C11H11NO3/c13-9-3-1-2-7(4-9)12-8-5-10(11(12)14)15-6-8/h1-4,8,10,13H,5-6H2. The summed E-state index contributed by atoms with van der Waals surface area (Å²) in [7, 11) is 0. The van der Waals surface area contributed by atoms with Crippen molar-refractivity contribution in [3.8, 4) is 5.75 Å². The number of nitrogens with zero attached hydrogens (tertiary/aromatic N) is 1. The molecule has 3 rings (SSSR count). The van der Waals surface area contributed by atoms with Crippen LogP contribution in [-0.4, -0.2) is 29.8 Å². The van der Waals surface area contributed by atoms with E-state index < -0.39 is 0 Å². The van der Waals surface area contributed by atoms with Gasteiger partial charge < -0.3 is 14.7 Å². The van der Waals surface area contributed by atoms with Crippen LogP contribution in [0.25, 0.3) is 0 Å². The molecule has 0 radical (unpaired) electrons. The monoisotopic (exact) mass is 205 g/mol. The molecule has 1 aromatic rings. The summed E-state index contributed by atoms with van der Waals surface area (Å²) in [4.78, 5) is 13.5. The number of aromatic hydroxyl groups is 1. The zero-order valence-electron chi connectivity index (χ0n) is 8.09. The first-order chi connectivity index (χ1) is 7.25. The average molecular weight is 205 g/mol. The van der Waals surface area contributed by atoms with Crippen molar-refractivity contribution in [2.24, 2.45) is 0 Å². The van der Waals surface area contributed by atoms with Crippen LogP contribution in [0.4, 0.5) is 5.69 Å². The predicted octanol–water partition coefficient (Wildman–Crippen LogP) is 0.896. The number of benzene rings is 1. The van der Waals surface area contributed by atoms with Gasteiger partial charge in [0, 0.05) is 18.2 Å². The summed E-state index contributed by atoms with van der Waals surface area (Å²) >= 11 is 0. The van der Waals surface area contributed by atoms with Gasteiger partial charge >= 0.3 is 0 Å². The number of anilines is 1. The molecular formula is C11H11NO3. The van der Waals surface area contributed by atoms with E-state index in [1.807, 2.05) is 6.07 Å². The number of rotatable bonds is 1. The summed E-state index contributed by atoms with van der Waals surface area (Å²) in [6.45, 7) is 0.603. The predicted molar refractivity (Wildman–Crippen MR) is 53.7 cm³/mol. The maximum Gasteiger partial charge on any atom is 0.256 e. The van der Waals surface area contributed by atoms with Gasteiger partial charge in [-0.2, -0.15) is 0 Å². The summed E-state index contributed by atoms with van der Waals surface area (Å²) in [5.41, 5.74) is 0.760. The molecule has 4 nitrogen and oxygen atoms in total. The van der Waals surface area contributed by atoms with Crippen LogP contribution in [0.5, 0.6) is 5.75 Å². The molecule has 0 aromatic heterocycles. The quantitative estimate of drug-likeness (QED) is 0.741. The van der Waals surface area contributed by atoms with Crippen molar-refractivity contribution in [2.45, 2.75) is 18.6 Å². The minimum absolute atomic E-state index is 0.0110. The van der Waals surface area contributed by atoms with E-state index in [1.165, 1.54) is 0 Å². The van der Waals surface area contributed by atoms with Crippen molar-refractivity contribution >= 4 is 11.6 Å². The number of fused-ring (bicyclic) bond motifs is 2. The van der Waals surface area contributed by atoms with Crippen molar-refractivity contribution in [1.29, 1.82) is 0 Å². The zero-order valence-corrected chi connectivity index (χ0v) is 8.09. The minimum atomic E-state index is -0.266. The van der Waals surface area contributed by atoms with Crippen LogP contribution < -0.4 is 4.90 Å². The average Bonchev–Trinajstić information content (AvgIpc) is 2.77. The highest BCUT2D eigenvalue weighted by Crippen LogP contribution is 2.34. The molecule has 4 heteroatoms. The number of morpholine rings is 1. The molecule has 2 aliphatic rings. The van der Waals surface area contributed by atoms with E-state index in [-0.39, 0.29) is 23.8 Å². The van der Waals surface area contributed by atoms with Crippen LogP contribution in [0.15, 0.2) is 24.3 Å². The number of amides is 1. The topological polar surface area (TPSA) is 49.8 Å². The Morgan fingerprint density at radius 1 is 1.47 bits per heavy atom. The number of ether oxygens (including phenoxy) is 1. The Morgan fingerprint density at radius 3 is 3.00 bits per heavy atom. The normalized spacial score (nSPS) is 28.8. The van der Waals surface area contributed by atoms with Crippen LogP contribution in [0, 0.1) is 0 Å². The molecule has 0 saturated carbocycles. The Kier molecular flexibility index (Phi) is 1.73. The highest BCUT2D eigenvalue weighted by atomic mass is 16.5. The second kappa shape index (κ2) is 2.97. The maximum atomic E-state index is 11.8. The van der Waals surface area contributed by atoms with Crippen LogP contribution in [-0.2, 0) is 9.53 Å². The van der Waals surface area contributed by atoms with Gasteiger partial charge in [0.25, 0.3) is 5.91 Å². The Bertz CT molecular complexity index is 418. The summed E-state index contributed by atoms with van der Waals surface area (Å²) < 4.78 is 5.29. The molecule has 2 fully saturated rings. The van der Waals surface area contributed by atoms with Gasteiger partial charge in [0.1, 0.15) is 11.9 Å². The molecule has 0 spiro atoms. The highest BCUT2D eigenvalue weighted by molar-refractivity contribution is 6.00. The Labute approximate surface area is 87.1 Å². The smallest absolute Gasteiger partial charge is 0.256 e. The number of phenols is 1. The summed E-state index contributed by atoms with van der Waals surface area (Å²) in [6, 6.07) is 6.92. The van der Waals surface area contributed by atoms with Crippen LogP contribution in [0.3, 0.4) is 0 Å². The second-order valence-corrected chi connectivity index (χ2v) is 3.94. The molecule has 2 saturated heterocycles. The molecule has 2 bridgehead atoms. The van der Waals surface area contributed by atoms with Crippen molar-refractivity contribution in [3.63, 3.8) is 0 Å². The second-order valence-electron chi connectivity index (χ2n) is 3.94. The molecule has 1 aromatic carbocycles. The molecular weight excluding hydrogens is 194 g/mol. The van der Waals surface area contributed by atoms with Gasteiger partial charge in [-0.15, -0.1) is 0 Å². The van der Waals surface area contributed by atoms with Crippen LogP contribution >= 0.6 is 0 Å². The first-order valence-electron chi connectivity index (χ1n) is 4.99. The Morgan fingerprint density at radius 2 is 2.33 bits per heavy atom. The van der Waals surface area contributed by atoms with E-state index in [9.17, 15) is 9.90 Å². The fourth-order valence-corrected chi connectivity index (χ4v) is 2.28. The Balaban J connectivity index is 1.98. The van der Waals surface area contributed by atoms with Crippen LogP contribution in [0.1, 0.15) is 6.42 Å². The first kappa shape index (κ1) is 8.73. The van der Waals surface area contributed by atoms with E-state index in [1.54, 1.807) is 23.1 Å². The van der Waals surface area contributed by atoms with Gasteiger partial charge in [-0.25, -0.2) is 0 Å². The molecule has 2 aliphatic heterocycles. The zero-order chi connectivity index (χ0) is 10.4. The number of carbonyl (C=O) groups excluding carboxylic acids is 1. The fraction of sp³-hybridized carbons (Fsp3) is 0.364. The van der Waals surface area contributed by atoms with E-state index in [0.717, 1.165) is 12.1 Å². The third-order valence-electron chi connectivity index (χ3n) is 2.96. The van der Waals surface area contributed by atoms with Gasteiger partial charge in [0.2, 0.25) is 0 Å². The van der Waals surface area contributed by atoms with Gasteiger partial charge in [-0.05, 0) is 12.1 Å². The first-order valence-corrected chi connectivity index (χ1v) is 4.99. The third kappa shape index (κ3) is 1.22. The third-order valence-corrected chi connectivity index (χ3v) is 2.96. The molecule has 1 amide bonds. The van der Waals surface area contributed by atoms with Crippen molar-refractivity contribution in [2.75, 3.05) is 11.5 Å². The van der Waals surface area contributed by atoms with Gasteiger partial charge in [0.05, 0.1) is 12.6 Å². The maximum absolute atomic E-state index is 11.8. The lowest BCUT2D eigenvalue weighted by Gasteiger charge is -2.26. The van der Waals surface area contributed by atoms with Crippen molar-refractivity contribution in [3.05, 3.63) is 24.3 Å². The fourth-order valence-electron chi connectivity index (χ4n) is 2.28. The van der Waals surface area contributed by atoms with Gasteiger partial charge in [0.15, 0.2) is 0 Å². The largest absolute Gasteiger partial charge is 0.508 e. The van der Waals surface area contributed by atoms with Gasteiger partial charge in [-0.3, -0.25) is 4.79 Å². The summed E-state index contributed by atoms with van der Waals surface area (Å²) in [6.07, 6.45) is 0.506. The Hall–Kier alpha value is -1.55. The lowest BCUT2D eigenvalue weighted by molar-refractivity contribution is -0.128. The molecule has 78 valence electrons. The molecule has 1 N–H and O–H groups in total. The van der Waals surface area contributed by atoms with Crippen molar-refractivity contribution < 1.29 is 14.6 Å². The molecule has 2 atom stereocenters. The van der Waals surface area contributed by atoms with E-state index in [4.69, 9.17) is 4.74 Å². The lowest BCUT2D eigenvalue weighted by atomic mass is 10.2. The molecule has 0 aliphatic carbocycles. The summed E-state index contributed by atoms with van der Waals surface area (Å²) in [5.74, 6) is 0.195. The number of hydrogen-bond donors (Lipinski definition) is 1. The van der Waals surface area contributed by atoms with E-state index >= 15 is 0 Å². The van der Waals surface area contributed by atoms with Crippen LogP contribution in [0.2, 0.25) is 0 Å². The molecule has 2 heterocycles. The number of phenolic OH excluding ortho intramolecular Hbond substituents is 1. The number of carbonyl (C=O) groups is 1. The van der Waals surface area contributed by atoms with Crippen molar-refractivity contribution in [1.82, 2.24) is 0 Å². The summed E-state index contributed by atoms with van der Waals surface area (Å²) in [5, 5.41) is 9.36. The lowest BCUT2D eigenvalue weighted by Crippen LogP contribution is -2.41. The molecule has 2 unspecified atom stereocenters. The highest BCUT2D eigenvalue weighted by Gasteiger charge is 2.46. The number of hydrogen-bond acceptors (Lipinski definition) is 3. The minimum Gasteiger partial charge on any atom is -0.508 e. The van der Waals surface area contributed by atoms with Gasteiger partial charge in [-0.1, -0.05) is 6.07 Å². The SMILES string of the molecule is O=C1C2CC(CO2)N1c1cccc(O)c1. The molecule has 15 heavy (non-hydrogen) atoms.